The SMILES string of the molecule is CSc1c(NCC2CC2)sc(C(=O)NC2CC2)c1N. The number of nitrogens with one attached hydrogen (secondary N) is 2. The quantitative estimate of drug-likeness (QED) is 0.706. The number of thiophene rings is 1. The zero-order valence-electron chi connectivity index (χ0n) is 11.0. The Balaban J connectivity index is 1.75. The molecule has 2 aliphatic rings. The maximum absolute atomic E-state index is 12.1. The zero-order valence-corrected chi connectivity index (χ0v) is 12.6. The van der Waals surface area contributed by atoms with Crippen molar-refractivity contribution in [2.24, 2.45) is 5.92 Å². The number of nitrogens with two attached hydrogens (primary N) is 1. The van der Waals surface area contributed by atoms with Crippen LogP contribution in [0.25, 0.3) is 0 Å². The Bertz CT molecular complexity index is 492. The monoisotopic (exact) mass is 297 g/mol. The molecular formula is C13H19N3OS2. The predicted octanol–water partition coefficient (Wildman–Crippen LogP) is 2.77. The van der Waals surface area contributed by atoms with Crippen LogP contribution < -0.4 is 16.4 Å². The molecule has 0 spiro atoms. The summed E-state index contributed by atoms with van der Waals surface area (Å²) in [4.78, 5) is 13.8. The van der Waals surface area contributed by atoms with Crippen molar-refractivity contribution in [1.82, 2.24) is 5.32 Å². The van der Waals surface area contributed by atoms with E-state index in [0.29, 0.717) is 16.6 Å². The first kappa shape index (κ1) is 13.1. The van der Waals surface area contributed by atoms with Crippen LogP contribution >= 0.6 is 23.1 Å². The molecule has 2 aliphatic carbocycles. The van der Waals surface area contributed by atoms with Crippen LogP contribution in [-0.2, 0) is 0 Å². The van der Waals surface area contributed by atoms with E-state index in [2.05, 4.69) is 10.6 Å². The fourth-order valence-corrected chi connectivity index (χ4v) is 3.90. The molecular weight excluding hydrogens is 278 g/mol. The van der Waals surface area contributed by atoms with Crippen molar-refractivity contribution in [1.29, 1.82) is 0 Å². The molecule has 0 atom stereocenters. The maximum atomic E-state index is 12.1. The van der Waals surface area contributed by atoms with Gasteiger partial charge in [0.1, 0.15) is 9.88 Å². The van der Waals surface area contributed by atoms with Crippen LogP contribution in [0.15, 0.2) is 4.90 Å². The third-order valence-corrected chi connectivity index (χ3v) is 5.59. The minimum atomic E-state index is -0.0141. The van der Waals surface area contributed by atoms with E-state index in [4.69, 9.17) is 5.73 Å². The summed E-state index contributed by atoms with van der Waals surface area (Å²) in [5.74, 6) is 0.793. The summed E-state index contributed by atoms with van der Waals surface area (Å²) in [5, 5.41) is 7.51. The highest BCUT2D eigenvalue weighted by Crippen LogP contribution is 2.42. The van der Waals surface area contributed by atoms with Gasteiger partial charge in [-0.2, -0.15) is 0 Å². The lowest BCUT2D eigenvalue weighted by molar-refractivity contribution is 0.0956. The molecule has 1 aromatic rings. The molecule has 0 unspecified atom stereocenters. The minimum absolute atomic E-state index is 0.0141. The van der Waals surface area contributed by atoms with Gasteiger partial charge in [-0.15, -0.1) is 23.1 Å². The highest BCUT2D eigenvalue weighted by molar-refractivity contribution is 7.99. The highest BCUT2D eigenvalue weighted by atomic mass is 32.2. The van der Waals surface area contributed by atoms with Crippen LogP contribution in [0, 0.1) is 5.92 Å². The molecule has 1 amide bonds. The number of hydrogen-bond donors (Lipinski definition) is 3. The third kappa shape index (κ3) is 3.00. The highest BCUT2D eigenvalue weighted by Gasteiger charge is 2.28. The van der Waals surface area contributed by atoms with Gasteiger partial charge in [0.15, 0.2) is 0 Å². The first-order valence-corrected chi connectivity index (χ1v) is 8.74. The van der Waals surface area contributed by atoms with Gasteiger partial charge in [0.05, 0.1) is 10.6 Å². The molecule has 4 nitrogen and oxygen atoms in total. The molecule has 0 radical (unpaired) electrons. The van der Waals surface area contributed by atoms with Gasteiger partial charge in [-0.25, -0.2) is 0 Å². The van der Waals surface area contributed by atoms with Gasteiger partial charge >= 0.3 is 0 Å². The number of nitrogen functional groups attached to an aromatic ring is 1. The Labute approximate surface area is 121 Å². The first-order chi connectivity index (χ1) is 9.19. The second-order valence-electron chi connectivity index (χ2n) is 5.28. The lowest BCUT2D eigenvalue weighted by atomic mass is 10.3. The molecule has 0 saturated heterocycles. The third-order valence-electron chi connectivity index (χ3n) is 3.47. The van der Waals surface area contributed by atoms with E-state index < -0.39 is 0 Å². The molecule has 0 aromatic carbocycles. The summed E-state index contributed by atoms with van der Waals surface area (Å²) < 4.78 is 0. The van der Waals surface area contributed by atoms with Crippen molar-refractivity contribution < 1.29 is 4.79 Å². The van der Waals surface area contributed by atoms with Crippen molar-refractivity contribution in [3.63, 3.8) is 0 Å². The van der Waals surface area contributed by atoms with Crippen molar-refractivity contribution in [2.45, 2.75) is 36.6 Å². The fraction of sp³-hybridized carbons (Fsp3) is 0.615. The van der Waals surface area contributed by atoms with E-state index in [1.807, 2.05) is 6.26 Å². The summed E-state index contributed by atoms with van der Waals surface area (Å²) >= 11 is 3.10. The summed E-state index contributed by atoms with van der Waals surface area (Å²) in [6.45, 7) is 0.997. The molecule has 1 heterocycles. The van der Waals surface area contributed by atoms with E-state index >= 15 is 0 Å². The van der Waals surface area contributed by atoms with Crippen molar-refractivity contribution in [3.8, 4) is 0 Å². The molecule has 19 heavy (non-hydrogen) atoms. The van der Waals surface area contributed by atoms with Crippen LogP contribution in [0.1, 0.15) is 35.4 Å². The number of rotatable bonds is 6. The standard InChI is InChI=1S/C13H19N3OS2/c1-18-11-9(14)10(12(17)16-8-4-5-8)19-13(11)15-6-7-2-3-7/h7-8,15H,2-6,14H2,1H3,(H,16,17). The minimum Gasteiger partial charge on any atom is -0.396 e. The number of hydrogen-bond acceptors (Lipinski definition) is 5. The van der Waals surface area contributed by atoms with Gasteiger partial charge in [-0.1, -0.05) is 0 Å². The van der Waals surface area contributed by atoms with Crippen LogP contribution in [0.3, 0.4) is 0 Å². The number of amides is 1. The molecule has 2 saturated carbocycles. The Morgan fingerprint density at radius 3 is 2.74 bits per heavy atom. The van der Waals surface area contributed by atoms with Gasteiger partial charge in [-0.05, 0) is 37.9 Å². The topological polar surface area (TPSA) is 67.2 Å². The van der Waals surface area contributed by atoms with E-state index in [1.165, 1.54) is 24.2 Å². The van der Waals surface area contributed by atoms with E-state index in [0.717, 1.165) is 35.2 Å². The summed E-state index contributed by atoms with van der Waals surface area (Å²) in [6.07, 6.45) is 6.83. The summed E-state index contributed by atoms with van der Waals surface area (Å²) in [6, 6.07) is 0.370. The lowest BCUT2D eigenvalue weighted by Gasteiger charge is -2.04. The molecule has 0 bridgehead atoms. The Morgan fingerprint density at radius 1 is 1.42 bits per heavy atom. The molecule has 2 fully saturated rings. The molecule has 6 heteroatoms. The second kappa shape index (κ2) is 5.25. The normalized spacial score (nSPS) is 18.4. The number of carbonyl (C=O) groups is 1. The van der Waals surface area contributed by atoms with Gasteiger partial charge in [0.2, 0.25) is 0 Å². The smallest absolute Gasteiger partial charge is 0.263 e. The largest absolute Gasteiger partial charge is 0.396 e. The Hall–Kier alpha value is -0.880. The summed E-state index contributed by atoms with van der Waals surface area (Å²) in [5.41, 5.74) is 6.76. The number of thioether (sulfide) groups is 1. The van der Waals surface area contributed by atoms with Crippen LogP contribution in [-0.4, -0.2) is 24.7 Å². The van der Waals surface area contributed by atoms with E-state index in [-0.39, 0.29) is 5.91 Å². The summed E-state index contributed by atoms with van der Waals surface area (Å²) in [7, 11) is 0. The second-order valence-corrected chi connectivity index (χ2v) is 7.12. The number of anilines is 2. The van der Waals surface area contributed by atoms with E-state index in [1.54, 1.807) is 11.8 Å². The van der Waals surface area contributed by atoms with Crippen molar-refractivity contribution in [3.05, 3.63) is 4.88 Å². The van der Waals surface area contributed by atoms with Crippen molar-refractivity contribution in [2.75, 3.05) is 23.9 Å². The zero-order chi connectivity index (χ0) is 13.4. The Kier molecular flexibility index (Phi) is 3.62. The fourth-order valence-electron chi connectivity index (χ4n) is 1.95. The molecule has 1 aromatic heterocycles. The van der Waals surface area contributed by atoms with Crippen LogP contribution in [0.2, 0.25) is 0 Å². The molecule has 3 rings (SSSR count). The maximum Gasteiger partial charge on any atom is 0.263 e. The number of carbonyl (C=O) groups excluding carboxylic acids is 1. The molecule has 0 aliphatic heterocycles. The van der Waals surface area contributed by atoms with Crippen LogP contribution in [0.4, 0.5) is 10.7 Å². The van der Waals surface area contributed by atoms with Gasteiger partial charge in [-0.3, -0.25) is 4.79 Å². The van der Waals surface area contributed by atoms with Gasteiger partial charge < -0.3 is 16.4 Å². The molecule has 4 N–H and O–H groups in total. The lowest BCUT2D eigenvalue weighted by Crippen LogP contribution is -2.25. The Morgan fingerprint density at radius 2 is 2.16 bits per heavy atom. The van der Waals surface area contributed by atoms with Crippen molar-refractivity contribution >= 4 is 39.7 Å². The predicted molar refractivity (Wildman–Crippen MR) is 82.2 cm³/mol. The van der Waals surface area contributed by atoms with Crippen LogP contribution in [0.5, 0.6) is 0 Å². The average molecular weight is 297 g/mol. The van der Waals surface area contributed by atoms with Gasteiger partial charge in [0.25, 0.3) is 5.91 Å². The molecule has 104 valence electrons. The first-order valence-electron chi connectivity index (χ1n) is 6.70. The average Bonchev–Trinajstić information content (AvgIpc) is 3.28. The van der Waals surface area contributed by atoms with Gasteiger partial charge in [0, 0.05) is 12.6 Å². The van der Waals surface area contributed by atoms with E-state index in [9.17, 15) is 4.79 Å².